The van der Waals surface area contributed by atoms with Crippen LogP contribution in [0.1, 0.15) is 72.3 Å². The van der Waals surface area contributed by atoms with Gasteiger partial charge >= 0.3 is 0 Å². The maximum atomic E-state index is 13.1. The van der Waals surface area contributed by atoms with Crippen LogP contribution in [0.4, 0.5) is 5.13 Å². The van der Waals surface area contributed by atoms with E-state index in [1.807, 2.05) is 35.2 Å². The molecule has 0 unspecified atom stereocenters. The van der Waals surface area contributed by atoms with Crippen LogP contribution in [-0.4, -0.2) is 46.2 Å². The first-order valence-corrected chi connectivity index (χ1v) is 14.3. The molecule has 3 aromatic rings. The smallest absolute Gasteiger partial charge is 0.228 e. The number of benzene rings is 1. The largest absolute Gasteiger partial charge is 0.297 e. The van der Waals surface area contributed by atoms with E-state index in [1.165, 1.54) is 29.8 Å². The van der Waals surface area contributed by atoms with Gasteiger partial charge in [0, 0.05) is 54.5 Å². The molecule has 188 valence electrons. The number of Topliss-reactive ketones (excluding diaryl/α,β-unsaturated/α-hetero) is 1. The Hall–Kier alpha value is -2.64. The number of fused-ring (bicyclic) bond motifs is 2. The molecule has 0 spiro atoms. The second-order valence-electron chi connectivity index (χ2n) is 10.7. The third-order valence-electron chi connectivity index (χ3n) is 8.34. The number of nitrogens with zero attached hydrogens (tertiary/aromatic N) is 4. The SMILES string of the molecule is O=C(CC1CCC(CCN2CCc3sc(N4CCCC4=O)nc3C2)CC1)c1cccc2ncccc12. The number of rotatable bonds is 7. The standard InChI is InChI=1S/C29H34N4O2S/c34-26(23-4-1-6-24-22(23)5-2-14-30-24)18-21-10-8-20(9-11-21)12-16-32-17-13-27-25(19-32)31-29(36-27)33-15-3-7-28(33)35/h1-2,4-6,14,20-21H,3,7-13,15-19H2. The van der Waals surface area contributed by atoms with Crippen molar-refractivity contribution in [3.63, 3.8) is 0 Å². The fraction of sp³-hybridized carbons (Fsp3) is 0.517. The summed E-state index contributed by atoms with van der Waals surface area (Å²) in [6, 6.07) is 9.80. The minimum Gasteiger partial charge on any atom is -0.297 e. The highest BCUT2D eigenvalue weighted by Gasteiger charge is 2.29. The van der Waals surface area contributed by atoms with Crippen LogP contribution in [-0.2, 0) is 17.8 Å². The lowest BCUT2D eigenvalue weighted by Gasteiger charge is -2.31. The molecule has 0 bridgehead atoms. The predicted octanol–water partition coefficient (Wildman–Crippen LogP) is 5.65. The Balaban J connectivity index is 0.972. The van der Waals surface area contributed by atoms with Gasteiger partial charge in [-0.3, -0.25) is 24.4 Å². The molecule has 36 heavy (non-hydrogen) atoms. The van der Waals surface area contributed by atoms with Crippen LogP contribution in [0.25, 0.3) is 10.9 Å². The number of amides is 1. The molecule has 0 N–H and O–H groups in total. The van der Waals surface area contributed by atoms with Crippen LogP contribution >= 0.6 is 11.3 Å². The fourth-order valence-corrected chi connectivity index (χ4v) is 7.30. The zero-order valence-electron chi connectivity index (χ0n) is 20.8. The maximum Gasteiger partial charge on any atom is 0.228 e. The molecular weight excluding hydrogens is 468 g/mol. The predicted molar refractivity (Wildman–Crippen MR) is 143 cm³/mol. The van der Waals surface area contributed by atoms with Crippen LogP contribution in [0.5, 0.6) is 0 Å². The topological polar surface area (TPSA) is 66.4 Å². The number of ketones is 1. The number of carbonyl (C=O) groups excluding carboxylic acids is 2. The van der Waals surface area contributed by atoms with Crippen molar-refractivity contribution in [3.8, 4) is 0 Å². The van der Waals surface area contributed by atoms with Crippen molar-refractivity contribution in [2.45, 2.75) is 64.3 Å². The minimum atomic E-state index is 0.226. The molecule has 1 saturated heterocycles. The van der Waals surface area contributed by atoms with Crippen LogP contribution in [0, 0.1) is 11.8 Å². The Kier molecular flexibility index (Phi) is 6.85. The molecule has 7 heteroatoms. The maximum absolute atomic E-state index is 13.1. The second-order valence-corrected chi connectivity index (χ2v) is 11.8. The number of hydrogen-bond donors (Lipinski definition) is 0. The first-order chi connectivity index (χ1) is 17.6. The van der Waals surface area contributed by atoms with Gasteiger partial charge in [0.15, 0.2) is 10.9 Å². The molecule has 6 nitrogen and oxygen atoms in total. The van der Waals surface area contributed by atoms with Gasteiger partial charge in [-0.05, 0) is 62.6 Å². The van der Waals surface area contributed by atoms with Crippen LogP contribution in [0.3, 0.4) is 0 Å². The molecule has 3 aliphatic rings. The van der Waals surface area contributed by atoms with Crippen molar-refractivity contribution >= 4 is 39.1 Å². The van der Waals surface area contributed by atoms with E-state index in [4.69, 9.17) is 4.98 Å². The lowest BCUT2D eigenvalue weighted by molar-refractivity contribution is -0.117. The summed E-state index contributed by atoms with van der Waals surface area (Å²) >= 11 is 1.72. The Morgan fingerprint density at radius 2 is 1.89 bits per heavy atom. The van der Waals surface area contributed by atoms with E-state index in [1.54, 1.807) is 17.5 Å². The van der Waals surface area contributed by atoms with Gasteiger partial charge < -0.3 is 0 Å². The van der Waals surface area contributed by atoms with Crippen molar-refractivity contribution in [3.05, 3.63) is 52.7 Å². The summed E-state index contributed by atoms with van der Waals surface area (Å²) in [5, 5.41) is 1.89. The van der Waals surface area contributed by atoms with Crippen molar-refractivity contribution in [2.24, 2.45) is 11.8 Å². The molecule has 1 aromatic carbocycles. The van der Waals surface area contributed by atoms with E-state index in [-0.39, 0.29) is 11.7 Å². The van der Waals surface area contributed by atoms with Gasteiger partial charge in [-0.15, -0.1) is 11.3 Å². The zero-order valence-corrected chi connectivity index (χ0v) is 21.6. The van der Waals surface area contributed by atoms with Crippen molar-refractivity contribution < 1.29 is 9.59 Å². The molecule has 0 atom stereocenters. The molecule has 0 radical (unpaired) electrons. The molecule has 2 aromatic heterocycles. The average molecular weight is 503 g/mol. The van der Waals surface area contributed by atoms with E-state index in [2.05, 4.69) is 9.88 Å². The second kappa shape index (κ2) is 10.4. The van der Waals surface area contributed by atoms with Gasteiger partial charge in [0.25, 0.3) is 0 Å². The summed E-state index contributed by atoms with van der Waals surface area (Å²) in [4.78, 5) is 40.2. The molecule has 2 aliphatic heterocycles. The fourth-order valence-electron chi connectivity index (χ4n) is 6.20. The van der Waals surface area contributed by atoms with E-state index in [0.717, 1.165) is 79.4 Å². The Bertz CT molecular complexity index is 1260. The highest BCUT2D eigenvalue weighted by Crippen LogP contribution is 2.36. The summed E-state index contributed by atoms with van der Waals surface area (Å²) < 4.78 is 0. The Labute approximate surface area is 216 Å². The lowest BCUT2D eigenvalue weighted by atomic mass is 9.78. The summed E-state index contributed by atoms with van der Waals surface area (Å²) in [5.41, 5.74) is 2.91. The summed E-state index contributed by atoms with van der Waals surface area (Å²) in [6.45, 7) is 3.94. The highest BCUT2D eigenvalue weighted by atomic mass is 32.1. The normalized spacial score (nSPS) is 22.8. The van der Waals surface area contributed by atoms with Crippen molar-refractivity contribution in [1.82, 2.24) is 14.9 Å². The summed E-state index contributed by atoms with van der Waals surface area (Å²) in [5.74, 6) is 1.75. The van der Waals surface area contributed by atoms with Crippen LogP contribution in [0.2, 0.25) is 0 Å². The molecule has 1 aliphatic carbocycles. The summed E-state index contributed by atoms with van der Waals surface area (Å²) in [7, 11) is 0. The number of anilines is 1. The number of pyridine rings is 1. The first-order valence-electron chi connectivity index (χ1n) is 13.5. The van der Waals surface area contributed by atoms with Gasteiger partial charge in [-0.2, -0.15) is 0 Å². The van der Waals surface area contributed by atoms with Crippen molar-refractivity contribution in [2.75, 3.05) is 24.5 Å². The minimum absolute atomic E-state index is 0.226. The van der Waals surface area contributed by atoms with Gasteiger partial charge in [-0.1, -0.05) is 31.0 Å². The molecule has 6 rings (SSSR count). The number of hydrogen-bond acceptors (Lipinski definition) is 6. The molecular formula is C29H34N4O2S. The van der Waals surface area contributed by atoms with Gasteiger partial charge in [0.05, 0.1) is 11.2 Å². The van der Waals surface area contributed by atoms with Crippen molar-refractivity contribution in [1.29, 1.82) is 0 Å². The third-order valence-corrected chi connectivity index (χ3v) is 9.52. The monoisotopic (exact) mass is 502 g/mol. The zero-order chi connectivity index (χ0) is 24.5. The highest BCUT2D eigenvalue weighted by molar-refractivity contribution is 7.16. The number of carbonyl (C=O) groups is 2. The lowest BCUT2D eigenvalue weighted by Crippen LogP contribution is -2.32. The molecule has 1 amide bonds. The number of thiazole rings is 1. The van der Waals surface area contributed by atoms with Crippen LogP contribution in [0.15, 0.2) is 36.5 Å². The molecule has 1 saturated carbocycles. The van der Waals surface area contributed by atoms with Gasteiger partial charge in [-0.25, -0.2) is 4.98 Å². The van der Waals surface area contributed by atoms with E-state index < -0.39 is 0 Å². The third kappa shape index (κ3) is 4.96. The average Bonchev–Trinajstić information content (AvgIpc) is 3.53. The Morgan fingerprint density at radius 3 is 2.72 bits per heavy atom. The quantitative estimate of drug-likeness (QED) is 0.391. The van der Waals surface area contributed by atoms with E-state index >= 15 is 0 Å². The Morgan fingerprint density at radius 1 is 1.03 bits per heavy atom. The van der Waals surface area contributed by atoms with Crippen LogP contribution < -0.4 is 4.90 Å². The van der Waals surface area contributed by atoms with E-state index in [0.29, 0.717) is 18.8 Å². The first kappa shape index (κ1) is 23.7. The molecule has 4 heterocycles. The van der Waals surface area contributed by atoms with Gasteiger partial charge in [0.2, 0.25) is 5.91 Å². The molecule has 2 fully saturated rings. The van der Waals surface area contributed by atoms with Gasteiger partial charge in [0.1, 0.15) is 0 Å². The summed E-state index contributed by atoms with van der Waals surface area (Å²) in [6.07, 6.45) is 11.1. The number of aromatic nitrogens is 2. The van der Waals surface area contributed by atoms with E-state index in [9.17, 15) is 9.59 Å².